The quantitative estimate of drug-likeness (QED) is 0.521. The summed E-state index contributed by atoms with van der Waals surface area (Å²) in [6.45, 7) is 0.115. The van der Waals surface area contributed by atoms with E-state index in [2.05, 4.69) is 9.72 Å². The lowest BCUT2D eigenvalue weighted by Crippen LogP contribution is -2.39. The Kier molecular flexibility index (Phi) is 4.25. The van der Waals surface area contributed by atoms with Crippen LogP contribution in [0.15, 0.2) is 30.3 Å². The fourth-order valence-corrected chi connectivity index (χ4v) is 3.56. The molecule has 2 aromatic carbocycles. The highest BCUT2D eigenvalue weighted by molar-refractivity contribution is 5.78. The number of rotatable bonds is 2. The van der Waals surface area contributed by atoms with Crippen molar-refractivity contribution in [3.8, 4) is 5.75 Å². The SMILES string of the molecule is N[C@H]1Cn2c(nc3ccc(OC(F)(F)F)cc32)C[C@@H]1c1cc(F)c(F)cc1F. The zero-order valence-electron chi connectivity index (χ0n) is 14.1. The number of benzene rings is 2. The van der Waals surface area contributed by atoms with E-state index < -0.39 is 41.5 Å². The van der Waals surface area contributed by atoms with Crippen LogP contribution >= 0.6 is 0 Å². The normalized spacial score (nSPS) is 19.7. The van der Waals surface area contributed by atoms with Crippen molar-refractivity contribution < 1.29 is 31.1 Å². The van der Waals surface area contributed by atoms with Crippen molar-refractivity contribution >= 4 is 11.0 Å². The molecule has 4 nitrogen and oxygen atoms in total. The summed E-state index contributed by atoms with van der Waals surface area (Å²) in [6.07, 6.45) is -4.71. The Balaban J connectivity index is 1.72. The van der Waals surface area contributed by atoms with Crippen LogP contribution in [0.1, 0.15) is 17.3 Å². The largest absolute Gasteiger partial charge is 0.573 e. The van der Waals surface area contributed by atoms with Crippen LogP contribution in [0.3, 0.4) is 0 Å². The Morgan fingerprint density at radius 3 is 2.46 bits per heavy atom. The van der Waals surface area contributed by atoms with Gasteiger partial charge < -0.3 is 15.0 Å². The third-order valence-corrected chi connectivity index (χ3v) is 4.78. The van der Waals surface area contributed by atoms with E-state index in [0.29, 0.717) is 22.9 Å². The van der Waals surface area contributed by atoms with Crippen molar-refractivity contribution in [2.75, 3.05) is 0 Å². The average Bonchev–Trinajstić information content (AvgIpc) is 2.93. The third-order valence-electron chi connectivity index (χ3n) is 4.78. The van der Waals surface area contributed by atoms with Gasteiger partial charge in [-0.05, 0) is 23.8 Å². The van der Waals surface area contributed by atoms with E-state index in [9.17, 15) is 26.3 Å². The molecule has 2 heterocycles. The molecule has 1 aromatic heterocycles. The lowest BCUT2D eigenvalue weighted by molar-refractivity contribution is -0.274. The first-order chi connectivity index (χ1) is 13.1. The van der Waals surface area contributed by atoms with Crippen LogP contribution in [-0.2, 0) is 13.0 Å². The van der Waals surface area contributed by atoms with Crippen molar-refractivity contribution in [1.29, 1.82) is 0 Å². The molecule has 1 aliphatic rings. The Labute approximate surface area is 154 Å². The summed E-state index contributed by atoms with van der Waals surface area (Å²) in [5.74, 6) is -4.00. The van der Waals surface area contributed by atoms with Gasteiger partial charge in [-0.3, -0.25) is 0 Å². The zero-order chi connectivity index (χ0) is 20.2. The minimum Gasteiger partial charge on any atom is -0.406 e. The molecule has 0 fully saturated rings. The lowest BCUT2D eigenvalue weighted by atomic mass is 9.86. The highest BCUT2D eigenvalue weighted by atomic mass is 19.4. The number of fused-ring (bicyclic) bond motifs is 3. The van der Waals surface area contributed by atoms with Crippen molar-refractivity contribution in [3.63, 3.8) is 0 Å². The molecule has 0 radical (unpaired) electrons. The van der Waals surface area contributed by atoms with Crippen LogP contribution < -0.4 is 10.5 Å². The van der Waals surface area contributed by atoms with Gasteiger partial charge >= 0.3 is 6.36 Å². The molecule has 0 amide bonds. The molecule has 0 spiro atoms. The third kappa shape index (κ3) is 3.28. The second-order valence-electron chi connectivity index (χ2n) is 6.60. The number of nitrogens with zero attached hydrogens (tertiary/aromatic N) is 2. The maximum atomic E-state index is 14.2. The maximum absolute atomic E-state index is 14.2. The van der Waals surface area contributed by atoms with E-state index in [1.165, 1.54) is 12.1 Å². The first-order valence-electron chi connectivity index (χ1n) is 8.27. The van der Waals surface area contributed by atoms with Gasteiger partial charge in [-0.1, -0.05) is 0 Å². The topological polar surface area (TPSA) is 53.1 Å². The molecule has 0 aliphatic carbocycles. The molecule has 3 aromatic rings. The smallest absolute Gasteiger partial charge is 0.406 e. The summed E-state index contributed by atoms with van der Waals surface area (Å²) >= 11 is 0. The van der Waals surface area contributed by atoms with Crippen LogP contribution in [0.2, 0.25) is 0 Å². The molecule has 0 saturated heterocycles. The number of hydrogen-bond acceptors (Lipinski definition) is 3. The maximum Gasteiger partial charge on any atom is 0.573 e. The van der Waals surface area contributed by atoms with Crippen molar-refractivity contribution in [2.45, 2.75) is 31.3 Å². The van der Waals surface area contributed by atoms with Gasteiger partial charge in [-0.15, -0.1) is 13.2 Å². The number of nitrogens with two attached hydrogens (primary N) is 1. The summed E-state index contributed by atoms with van der Waals surface area (Å²) < 4.78 is 83.8. The monoisotopic (exact) mass is 401 g/mol. The number of aromatic nitrogens is 2. The summed E-state index contributed by atoms with van der Waals surface area (Å²) in [5, 5.41) is 0. The van der Waals surface area contributed by atoms with Crippen LogP contribution in [0.25, 0.3) is 11.0 Å². The van der Waals surface area contributed by atoms with Gasteiger partial charge in [0.25, 0.3) is 0 Å². The number of hydrogen-bond donors (Lipinski definition) is 1. The first kappa shape index (κ1) is 18.6. The van der Waals surface area contributed by atoms with Crippen LogP contribution in [0.5, 0.6) is 5.75 Å². The van der Waals surface area contributed by atoms with E-state index in [1.54, 1.807) is 4.57 Å². The van der Waals surface area contributed by atoms with Gasteiger partial charge in [0.15, 0.2) is 11.6 Å². The summed E-state index contributed by atoms with van der Waals surface area (Å²) in [6, 6.07) is 4.28. The van der Waals surface area contributed by atoms with Gasteiger partial charge in [0.2, 0.25) is 0 Å². The molecule has 0 bridgehead atoms. The molecule has 28 heavy (non-hydrogen) atoms. The second kappa shape index (κ2) is 6.40. The van der Waals surface area contributed by atoms with Gasteiger partial charge in [0, 0.05) is 37.1 Å². The fraction of sp³-hybridized carbons (Fsp3) is 0.278. The standard InChI is InChI=1S/C18H13F6N3O/c19-11-6-13(21)12(20)4-9(11)10-5-17-26-15-2-1-8(28-18(22,23)24)3-16(15)27(17)7-14(10)25/h1-4,6,10,14H,5,7,25H2/t10-,14+/m1/s1. The summed E-state index contributed by atoms with van der Waals surface area (Å²) in [7, 11) is 0. The number of alkyl halides is 3. The molecular formula is C18H13F6N3O. The van der Waals surface area contributed by atoms with E-state index in [1.807, 2.05) is 0 Å². The van der Waals surface area contributed by atoms with Gasteiger partial charge in [-0.2, -0.15) is 0 Å². The van der Waals surface area contributed by atoms with E-state index in [4.69, 9.17) is 5.73 Å². The molecule has 4 rings (SSSR count). The fourth-order valence-electron chi connectivity index (χ4n) is 3.56. The molecule has 2 N–H and O–H groups in total. The van der Waals surface area contributed by atoms with Crippen LogP contribution in [0, 0.1) is 17.5 Å². The Morgan fingerprint density at radius 1 is 1.04 bits per heavy atom. The molecular weight excluding hydrogens is 388 g/mol. The first-order valence-corrected chi connectivity index (χ1v) is 8.27. The van der Waals surface area contributed by atoms with Crippen molar-refractivity contribution in [2.24, 2.45) is 5.73 Å². The minimum atomic E-state index is -4.83. The van der Waals surface area contributed by atoms with Crippen LogP contribution in [0.4, 0.5) is 26.3 Å². The van der Waals surface area contributed by atoms with Gasteiger partial charge in [0.05, 0.1) is 11.0 Å². The highest BCUT2D eigenvalue weighted by Gasteiger charge is 2.33. The molecule has 148 valence electrons. The molecule has 1 aliphatic heterocycles. The molecule has 2 atom stereocenters. The predicted molar refractivity (Wildman–Crippen MR) is 87.2 cm³/mol. The second-order valence-corrected chi connectivity index (χ2v) is 6.60. The average molecular weight is 401 g/mol. The molecule has 0 saturated carbocycles. The van der Waals surface area contributed by atoms with Crippen molar-refractivity contribution in [1.82, 2.24) is 9.55 Å². The lowest BCUT2D eigenvalue weighted by Gasteiger charge is -2.30. The van der Waals surface area contributed by atoms with E-state index >= 15 is 0 Å². The molecule has 0 unspecified atom stereocenters. The number of imidazole rings is 1. The van der Waals surface area contributed by atoms with Crippen molar-refractivity contribution in [3.05, 3.63) is 59.2 Å². The predicted octanol–water partition coefficient (Wildman–Crippen LogP) is 4.02. The van der Waals surface area contributed by atoms with E-state index in [-0.39, 0.29) is 18.5 Å². The zero-order valence-corrected chi connectivity index (χ0v) is 14.1. The van der Waals surface area contributed by atoms with Crippen LogP contribution in [-0.4, -0.2) is 22.0 Å². The van der Waals surface area contributed by atoms with Gasteiger partial charge in [-0.25, -0.2) is 18.2 Å². The Hall–Kier alpha value is -2.75. The number of ether oxygens (including phenoxy) is 1. The summed E-state index contributed by atoms with van der Waals surface area (Å²) in [4.78, 5) is 4.35. The summed E-state index contributed by atoms with van der Waals surface area (Å²) in [5.41, 5.74) is 6.87. The Bertz CT molecular complexity index is 1060. The Morgan fingerprint density at radius 2 is 1.75 bits per heavy atom. The molecule has 10 heteroatoms. The van der Waals surface area contributed by atoms with E-state index in [0.717, 1.165) is 12.1 Å². The highest BCUT2D eigenvalue weighted by Crippen LogP contribution is 2.35. The number of halogens is 6. The minimum absolute atomic E-state index is 0.0641. The van der Waals surface area contributed by atoms with Gasteiger partial charge in [0.1, 0.15) is 17.4 Å².